The number of ether oxygens (including phenoxy) is 2. The van der Waals surface area contributed by atoms with Gasteiger partial charge in [0.05, 0.1) is 25.4 Å². The minimum absolute atomic E-state index is 0.182. The maximum atomic E-state index is 12.8. The van der Waals surface area contributed by atoms with Gasteiger partial charge in [0, 0.05) is 6.42 Å². The van der Waals surface area contributed by atoms with Crippen LogP contribution in [0.1, 0.15) is 155 Å². The fourth-order valence-corrected chi connectivity index (χ4v) is 5.80. The molecule has 0 bridgehead atoms. The van der Waals surface area contributed by atoms with Gasteiger partial charge in [0.15, 0.2) is 6.29 Å². The van der Waals surface area contributed by atoms with Crippen molar-refractivity contribution in [3.63, 3.8) is 0 Å². The zero-order valence-electron chi connectivity index (χ0n) is 28.6. The van der Waals surface area contributed by atoms with Crippen LogP contribution in [0.2, 0.25) is 0 Å². The van der Waals surface area contributed by atoms with E-state index in [1.165, 1.54) is 96.3 Å². The summed E-state index contributed by atoms with van der Waals surface area (Å²) < 4.78 is 11.1. The predicted octanol–water partition coefficient (Wildman–Crippen LogP) is 5.83. The van der Waals surface area contributed by atoms with Gasteiger partial charge in [-0.25, -0.2) is 0 Å². The molecule has 45 heavy (non-hydrogen) atoms. The number of rotatable bonds is 29. The normalized spacial score (nSPS) is 23.4. The van der Waals surface area contributed by atoms with Gasteiger partial charge in [-0.05, 0) is 19.3 Å². The Morgan fingerprint density at radius 2 is 1.22 bits per heavy atom. The number of hydrogen-bond donors (Lipinski definition) is 6. The zero-order valence-corrected chi connectivity index (χ0v) is 28.6. The summed E-state index contributed by atoms with van der Waals surface area (Å²) in [5, 5.41) is 53.7. The summed E-state index contributed by atoms with van der Waals surface area (Å²) in [7, 11) is 0. The summed E-state index contributed by atoms with van der Waals surface area (Å²) in [5.41, 5.74) is 0. The molecule has 0 radical (unpaired) electrons. The highest BCUT2D eigenvalue weighted by Crippen LogP contribution is 2.22. The van der Waals surface area contributed by atoms with Crippen molar-refractivity contribution in [2.75, 3.05) is 13.2 Å². The van der Waals surface area contributed by atoms with E-state index in [-0.39, 0.29) is 12.5 Å². The van der Waals surface area contributed by atoms with Gasteiger partial charge in [0.2, 0.25) is 5.91 Å². The number of aliphatic hydroxyl groups excluding tert-OH is 5. The molecule has 1 aliphatic rings. The summed E-state index contributed by atoms with van der Waals surface area (Å²) in [6.45, 7) is 3.71. The van der Waals surface area contributed by atoms with Crippen LogP contribution in [0, 0.1) is 0 Å². The predicted molar refractivity (Wildman–Crippen MR) is 180 cm³/mol. The molecule has 9 heteroatoms. The molecule has 0 aliphatic carbocycles. The van der Waals surface area contributed by atoms with Crippen LogP contribution in [0.5, 0.6) is 0 Å². The second-order valence-corrected chi connectivity index (χ2v) is 13.0. The molecule has 7 atom stereocenters. The summed E-state index contributed by atoms with van der Waals surface area (Å²) in [4.78, 5) is 12.8. The maximum absolute atomic E-state index is 12.8. The third kappa shape index (κ3) is 20.0. The lowest BCUT2D eigenvalue weighted by atomic mass is 9.99. The number of unbranched alkanes of at least 4 members (excludes halogenated alkanes) is 19. The quantitative estimate of drug-likeness (QED) is 0.0441. The number of allylic oxidation sites excluding steroid dienone is 1. The second-order valence-electron chi connectivity index (χ2n) is 13.0. The van der Waals surface area contributed by atoms with Crippen molar-refractivity contribution in [3.8, 4) is 0 Å². The first-order valence-corrected chi connectivity index (χ1v) is 18.4. The fraction of sp³-hybridized carbons (Fsp3) is 0.917. The van der Waals surface area contributed by atoms with Crippen molar-refractivity contribution in [3.05, 3.63) is 12.2 Å². The van der Waals surface area contributed by atoms with Gasteiger partial charge in [-0.2, -0.15) is 0 Å². The second kappa shape index (κ2) is 28.0. The molecular formula is C36H69NO8. The first-order chi connectivity index (χ1) is 21.8. The molecule has 0 aromatic heterocycles. The first kappa shape index (κ1) is 42.0. The minimum atomic E-state index is -1.56. The van der Waals surface area contributed by atoms with E-state index >= 15 is 0 Å². The number of carbonyl (C=O) groups is 1. The van der Waals surface area contributed by atoms with Crippen molar-refractivity contribution in [2.24, 2.45) is 0 Å². The number of carbonyl (C=O) groups excluding carboxylic acids is 1. The Morgan fingerprint density at radius 3 is 1.73 bits per heavy atom. The van der Waals surface area contributed by atoms with Gasteiger partial charge in [0.1, 0.15) is 24.4 Å². The number of hydrogen-bond acceptors (Lipinski definition) is 8. The summed E-state index contributed by atoms with van der Waals surface area (Å²) in [6.07, 6.45) is 21.1. The molecule has 0 aromatic rings. The standard InChI is InChI=1S/C36H69NO8/c1-3-5-7-9-11-13-14-15-16-18-19-21-23-25-30(39)29(28-44-36-35(43)34(42)33(41)31(27-38)45-36)37-32(40)26-24-22-20-17-12-10-8-6-4-2/h23,25,29-31,33-36,38-39,41-43H,3-22,24,26-28H2,1-2H3,(H,37,40)/t29-,30+,31+,33+,34-,35+,36+/m0/s1. The van der Waals surface area contributed by atoms with Gasteiger partial charge >= 0.3 is 0 Å². The van der Waals surface area contributed by atoms with Gasteiger partial charge in [-0.3, -0.25) is 4.79 Å². The Hall–Kier alpha value is -1.07. The average Bonchev–Trinajstić information content (AvgIpc) is 3.04. The van der Waals surface area contributed by atoms with E-state index in [4.69, 9.17) is 9.47 Å². The van der Waals surface area contributed by atoms with E-state index in [1.54, 1.807) is 6.08 Å². The van der Waals surface area contributed by atoms with E-state index < -0.39 is 49.5 Å². The fourth-order valence-electron chi connectivity index (χ4n) is 5.80. The number of amides is 1. The molecule has 1 amide bonds. The molecule has 266 valence electrons. The third-order valence-electron chi connectivity index (χ3n) is 8.86. The molecule has 0 spiro atoms. The molecule has 6 N–H and O–H groups in total. The maximum Gasteiger partial charge on any atom is 0.220 e. The van der Waals surface area contributed by atoms with Crippen molar-refractivity contribution < 1.29 is 39.8 Å². The van der Waals surface area contributed by atoms with Crippen LogP contribution in [0.4, 0.5) is 0 Å². The summed E-state index contributed by atoms with van der Waals surface area (Å²) in [6, 6.07) is -0.794. The Bertz CT molecular complexity index is 721. The van der Waals surface area contributed by atoms with E-state index in [9.17, 15) is 30.3 Å². The van der Waals surface area contributed by atoms with Gasteiger partial charge in [-0.15, -0.1) is 0 Å². The Labute approximate surface area is 274 Å². The van der Waals surface area contributed by atoms with Crippen LogP contribution < -0.4 is 5.32 Å². The van der Waals surface area contributed by atoms with E-state index in [1.807, 2.05) is 6.08 Å². The molecule has 1 saturated heterocycles. The van der Waals surface area contributed by atoms with Gasteiger partial charge in [-0.1, -0.05) is 142 Å². The number of aliphatic hydroxyl groups is 5. The SMILES string of the molecule is CCCCCCCCCCCCCC=C[C@@H](O)[C@H](CO[C@@H]1O[C@H](CO)[C@@H](O)[C@H](O)[C@H]1O)NC(=O)CCCCCCCCCCC. The third-order valence-corrected chi connectivity index (χ3v) is 8.86. The van der Waals surface area contributed by atoms with Crippen LogP contribution in [0.3, 0.4) is 0 Å². The Kier molecular flexibility index (Phi) is 26.1. The molecule has 1 fully saturated rings. The highest BCUT2D eigenvalue weighted by molar-refractivity contribution is 5.76. The van der Waals surface area contributed by atoms with Crippen molar-refractivity contribution in [1.82, 2.24) is 5.32 Å². The topological polar surface area (TPSA) is 149 Å². The van der Waals surface area contributed by atoms with Crippen molar-refractivity contribution in [1.29, 1.82) is 0 Å². The Balaban J connectivity index is 2.49. The minimum Gasteiger partial charge on any atom is -0.394 e. The van der Waals surface area contributed by atoms with E-state index in [0.29, 0.717) is 6.42 Å². The zero-order chi connectivity index (χ0) is 33.1. The van der Waals surface area contributed by atoms with Crippen LogP contribution in [-0.2, 0) is 14.3 Å². The largest absolute Gasteiger partial charge is 0.394 e. The van der Waals surface area contributed by atoms with Gasteiger partial charge < -0.3 is 40.3 Å². The summed E-state index contributed by atoms with van der Waals surface area (Å²) >= 11 is 0. The highest BCUT2D eigenvalue weighted by atomic mass is 16.7. The lowest BCUT2D eigenvalue weighted by Crippen LogP contribution is -2.60. The van der Waals surface area contributed by atoms with Crippen molar-refractivity contribution in [2.45, 2.75) is 198 Å². The molecule has 1 rings (SSSR count). The van der Waals surface area contributed by atoms with Crippen LogP contribution in [0.15, 0.2) is 12.2 Å². The monoisotopic (exact) mass is 644 g/mol. The lowest BCUT2D eigenvalue weighted by Gasteiger charge is -2.40. The molecule has 1 aliphatic heterocycles. The average molecular weight is 644 g/mol. The van der Waals surface area contributed by atoms with Crippen LogP contribution in [0.25, 0.3) is 0 Å². The highest BCUT2D eigenvalue weighted by Gasteiger charge is 2.44. The van der Waals surface area contributed by atoms with E-state index in [2.05, 4.69) is 19.2 Å². The first-order valence-electron chi connectivity index (χ1n) is 18.4. The van der Waals surface area contributed by atoms with E-state index in [0.717, 1.165) is 38.5 Å². The van der Waals surface area contributed by atoms with Crippen molar-refractivity contribution >= 4 is 5.91 Å². The number of nitrogens with one attached hydrogen (secondary N) is 1. The molecule has 0 aromatic carbocycles. The smallest absolute Gasteiger partial charge is 0.220 e. The molecule has 0 unspecified atom stereocenters. The van der Waals surface area contributed by atoms with Crippen LogP contribution in [-0.4, -0.2) is 87.5 Å². The van der Waals surface area contributed by atoms with Crippen LogP contribution >= 0.6 is 0 Å². The molecular weight excluding hydrogens is 574 g/mol. The Morgan fingerprint density at radius 1 is 0.733 bits per heavy atom. The molecule has 9 nitrogen and oxygen atoms in total. The van der Waals surface area contributed by atoms with Gasteiger partial charge in [0.25, 0.3) is 0 Å². The summed E-state index contributed by atoms with van der Waals surface area (Å²) in [5.74, 6) is -0.182. The lowest BCUT2D eigenvalue weighted by molar-refractivity contribution is -0.302. The molecule has 1 heterocycles. The molecule has 0 saturated carbocycles.